The molecule has 1 amide bonds. The minimum atomic E-state index is -4.63. The third kappa shape index (κ3) is 4.28. The zero-order valence-corrected chi connectivity index (χ0v) is 9.48. The summed E-state index contributed by atoms with van der Waals surface area (Å²) in [5.41, 5.74) is 0. The normalized spacial score (nSPS) is 11.4. The number of hydrogen-bond donors (Lipinski definition) is 2. The first-order chi connectivity index (χ1) is 8.74. The van der Waals surface area contributed by atoms with Gasteiger partial charge in [-0.1, -0.05) is 0 Å². The molecule has 19 heavy (non-hydrogen) atoms. The van der Waals surface area contributed by atoms with Crippen LogP contribution in [0.3, 0.4) is 0 Å². The van der Waals surface area contributed by atoms with Crippen LogP contribution >= 0.6 is 0 Å². The Labute approximate surface area is 105 Å². The smallest absolute Gasteiger partial charge is 0.406 e. The second-order valence-electron chi connectivity index (χ2n) is 3.53. The number of aliphatic hydroxyl groups excluding tert-OH is 1. The maximum Gasteiger partial charge on any atom is 0.406 e. The Kier molecular flexibility index (Phi) is 4.54. The molecule has 106 valence electrons. The van der Waals surface area contributed by atoms with Crippen LogP contribution in [0.1, 0.15) is 21.1 Å². The van der Waals surface area contributed by atoms with Crippen LogP contribution in [0.4, 0.5) is 13.2 Å². The summed E-state index contributed by atoms with van der Waals surface area (Å²) < 4.78 is 41.3. The number of aromatic carboxylic acids is 1. The lowest BCUT2D eigenvalue weighted by Crippen LogP contribution is -2.40. The fourth-order valence-corrected chi connectivity index (χ4v) is 1.31. The van der Waals surface area contributed by atoms with Gasteiger partial charge in [0.15, 0.2) is 5.76 Å². The summed E-state index contributed by atoms with van der Waals surface area (Å²) in [6, 6.07) is 1.92. The van der Waals surface area contributed by atoms with Crippen molar-refractivity contribution < 1.29 is 37.4 Å². The highest BCUT2D eigenvalue weighted by atomic mass is 19.4. The van der Waals surface area contributed by atoms with Crippen molar-refractivity contribution in [3.05, 3.63) is 23.7 Å². The number of hydrogen-bond acceptors (Lipinski definition) is 4. The number of carboxylic acids is 1. The maximum atomic E-state index is 12.2. The standard InChI is InChI=1S/C10H10F3NO5/c11-10(12,13)5-14(3-4-15)8(16)6-1-2-7(19-6)9(17)18/h1-2,15H,3-5H2,(H,17,18). The van der Waals surface area contributed by atoms with Gasteiger partial charge in [0.05, 0.1) is 6.61 Å². The quantitative estimate of drug-likeness (QED) is 0.839. The Hall–Kier alpha value is -2.03. The zero-order chi connectivity index (χ0) is 14.6. The van der Waals surface area contributed by atoms with Crippen LogP contribution in [0.25, 0.3) is 0 Å². The molecular formula is C10H10F3NO5. The number of furan rings is 1. The van der Waals surface area contributed by atoms with E-state index in [9.17, 15) is 22.8 Å². The van der Waals surface area contributed by atoms with Crippen LogP contribution in [0.5, 0.6) is 0 Å². The molecule has 1 aromatic rings. The van der Waals surface area contributed by atoms with Gasteiger partial charge in [0.1, 0.15) is 6.54 Å². The largest absolute Gasteiger partial charge is 0.475 e. The lowest BCUT2D eigenvalue weighted by Gasteiger charge is -2.21. The van der Waals surface area contributed by atoms with Crippen molar-refractivity contribution in [1.82, 2.24) is 4.90 Å². The van der Waals surface area contributed by atoms with Gasteiger partial charge in [-0.05, 0) is 12.1 Å². The van der Waals surface area contributed by atoms with Crippen LogP contribution < -0.4 is 0 Å². The van der Waals surface area contributed by atoms with Crippen LogP contribution in [0.2, 0.25) is 0 Å². The van der Waals surface area contributed by atoms with Gasteiger partial charge >= 0.3 is 12.1 Å². The summed E-state index contributed by atoms with van der Waals surface area (Å²) in [4.78, 5) is 22.5. The molecule has 0 aliphatic heterocycles. The summed E-state index contributed by atoms with van der Waals surface area (Å²) in [6.45, 7) is -2.76. The van der Waals surface area contributed by atoms with Crippen molar-refractivity contribution >= 4 is 11.9 Å². The van der Waals surface area contributed by atoms with E-state index in [0.717, 1.165) is 12.1 Å². The molecule has 0 radical (unpaired) electrons. The molecule has 1 aromatic heterocycles. The van der Waals surface area contributed by atoms with Crippen molar-refractivity contribution in [3.8, 4) is 0 Å². The molecule has 0 aromatic carbocycles. The van der Waals surface area contributed by atoms with E-state index in [4.69, 9.17) is 10.2 Å². The van der Waals surface area contributed by atoms with Crippen LogP contribution in [-0.2, 0) is 0 Å². The number of halogens is 3. The lowest BCUT2D eigenvalue weighted by atomic mass is 10.3. The highest BCUT2D eigenvalue weighted by Crippen LogP contribution is 2.19. The molecule has 2 N–H and O–H groups in total. The van der Waals surface area contributed by atoms with Gasteiger partial charge in [-0.3, -0.25) is 4.79 Å². The Morgan fingerprint density at radius 3 is 2.26 bits per heavy atom. The molecule has 1 rings (SSSR count). The minimum absolute atomic E-state index is 0.324. The molecule has 6 nitrogen and oxygen atoms in total. The number of rotatable bonds is 5. The molecule has 0 atom stereocenters. The Bertz CT molecular complexity index is 468. The summed E-state index contributed by atoms with van der Waals surface area (Å²) in [6.07, 6.45) is -4.63. The van der Waals surface area contributed by atoms with E-state index in [1.165, 1.54) is 0 Å². The van der Waals surface area contributed by atoms with Crippen LogP contribution in [-0.4, -0.2) is 52.9 Å². The molecular weight excluding hydrogens is 271 g/mol. The maximum absolute atomic E-state index is 12.2. The van der Waals surface area contributed by atoms with Gasteiger partial charge in [0, 0.05) is 6.54 Å². The number of carboxylic acid groups (broad SMARTS) is 1. The molecule has 0 bridgehead atoms. The van der Waals surface area contributed by atoms with E-state index in [1.54, 1.807) is 0 Å². The summed E-state index contributed by atoms with van der Waals surface area (Å²) in [7, 11) is 0. The number of alkyl halides is 3. The van der Waals surface area contributed by atoms with E-state index >= 15 is 0 Å². The highest BCUT2D eigenvalue weighted by Gasteiger charge is 2.34. The fourth-order valence-electron chi connectivity index (χ4n) is 1.31. The number of amides is 1. The van der Waals surface area contributed by atoms with Gasteiger partial charge in [0.2, 0.25) is 5.76 Å². The second kappa shape index (κ2) is 5.74. The molecule has 0 saturated heterocycles. The van der Waals surface area contributed by atoms with E-state index in [0.29, 0.717) is 4.90 Å². The summed E-state index contributed by atoms with van der Waals surface area (Å²) >= 11 is 0. The molecule has 0 aliphatic carbocycles. The topological polar surface area (TPSA) is 91.0 Å². The molecule has 0 fully saturated rings. The first-order valence-corrected chi connectivity index (χ1v) is 5.04. The minimum Gasteiger partial charge on any atom is -0.475 e. The monoisotopic (exact) mass is 281 g/mol. The molecule has 0 aliphatic rings. The highest BCUT2D eigenvalue weighted by molar-refractivity contribution is 5.93. The average Bonchev–Trinajstić information content (AvgIpc) is 2.75. The molecule has 0 spiro atoms. The van der Waals surface area contributed by atoms with Crippen molar-refractivity contribution in [2.75, 3.05) is 19.7 Å². The summed E-state index contributed by atoms with van der Waals surface area (Å²) in [5.74, 6) is -3.67. The van der Waals surface area contributed by atoms with Crippen molar-refractivity contribution in [2.45, 2.75) is 6.18 Å². The molecule has 0 saturated carbocycles. The van der Waals surface area contributed by atoms with Crippen LogP contribution in [0, 0.1) is 0 Å². The Morgan fingerprint density at radius 1 is 1.26 bits per heavy atom. The van der Waals surface area contributed by atoms with Crippen LogP contribution in [0.15, 0.2) is 16.5 Å². The fraction of sp³-hybridized carbons (Fsp3) is 0.400. The lowest BCUT2D eigenvalue weighted by molar-refractivity contribution is -0.141. The van der Waals surface area contributed by atoms with Gasteiger partial charge in [-0.15, -0.1) is 0 Å². The van der Waals surface area contributed by atoms with Crippen molar-refractivity contribution in [3.63, 3.8) is 0 Å². The van der Waals surface area contributed by atoms with E-state index < -0.39 is 49.3 Å². The number of aliphatic hydroxyl groups is 1. The summed E-state index contributed by atoms with van der Waals surface area (Å²) in [5, 5.41) is 17.2. The van der Waals surface area contributed by atoms with Gasteiger partial charge in [-0.25, -0.2) is 4.79 Å². The Morgan fingerprint density at radius 2 is 1.84 bits per heavy atom. The number of carbonyl (C=O) groups excluding carboxylic acids is 1. The van der Waals surface area contributed by atoms with Gasteiger partial charge in [-0.2, -0.15) is 13.2 Å². The molecule has 0 unspecified atom stereocenters. The zero-order valence-electron chi connectivity index (χ0n) is 9.48. The van der Waals surface area contributed by atoms with Crippen molar-refractivity contribution in [1.29, 1.82) is 0 Å². The number of carbonyl (C=O) groups is 2. The van der Waals surface area contributed by atoms with E-state index in [1.807, 2.05) is 0 Å². The van der Waals surface area contributed by atoms with Crippen molar-refractivity contribution in [2.24, 2.45) is 0 Å². The third-order valence-corrected chi connectivity index (χ3v) is 2.05. The predicted molar refractivity (Wildman–Crippen MR) is 54.7 cm³/mol. The SMILES string of the molecule is O=C(O)c1ccc(C(=O)N(CCO)CC(F)(F)F)o1. The first-order valence-electron chi connectivity index (χ1n) is 5.04. The molecule has 9 heteroatoms. The first kappa shape index (κ1) is 15.0. The van der Waals surface area contributed by atoms with E-state index in [-0.39, 0.29) is 0 Å². The second-order valence-corrected chi connectivity index (χ2v) is 3.53. The number of nitrogens with zero attached hydrogens (tertiary/aromatic N) is 1. The van der Waals surface area contributed by atoms with Gasteiger partial charge < -0.3 is 19.5 Å². The Balaban J connectivity index is 2.89. The van der Waals surface area contributed by atoms with Gasteiger partial charge in [0.25, 0.3) is 5.91 Å². The third-order valence-electron chi connectivity index (χ3n) is 2.05. The average molecular weight is 281 g/mol. The predicted octanol–water partition coefficient (Wildman–Crippen LogP) is 0.975. The van der Waals surface area contributed by atoms with E-state index in [2.05, 4.69) is 4.42 Å². The molecule has 1 heterocycles.